The third-order valence-electron chi connectivity index (χ3n) is 8.96. The van der Waals surface area contributed by atoms with Crippen LogP contribution in [-0.4, -0.2) is 44.1 Å². The number of esters is 1. The molecule has 0 spiro atoms. The summed E-state index contributed by atoms with van der Waals surface area (Å²) in [5.41, 5.74) is 8.20. The summed E-state index contributed by atoms with van der Waals surface area (Å²) in [7, 11) is 1.54. The molecule has 6 rings (SSSR count). The molecule has 0 heterocycles. The van der Waals surface area contributed by atoms with Crippen molar-refractivity contribution in [1.29, 1.82) is 0 Å². The van der Waals surface area contributed by atoms with Gasteiger partial charge in [-0.2, -0.15) is 0 Å². The Morgan fingerprint density at radius 1 is 0.660 bits per heavy atom. The number of allylic oxidation sites excluding steroid dienone is 6. The number of benzene rings is 4. The van der Waals surface area contributed by atoms with Crippen LogP contribution >= 0.6 is 0 Å². The Kier molecular flexibility index (Phi) is 9.05. The van der Waals surface area contributed by atoms with Gasteiger partial charge < -0.3 is 9.47 Å². The van der Waals surface area contributed by atoms with E-state index in [1.54, 1.807) is 31.4 Å². The van der Waals surface area contributed by atoms with Crippen molar-refractivity contribution in [1.82, 2.24) is 0 Å². The molecule has 0 bridgehead atoms. The second kappa shape index (κ2) is 13.5. The van der Waals surface area contributed by atoms with Crippen molar-refractivity contribution in [3.63, 3.8) is 0 Å². The summed E-state index contributed by atoms with van der Waals surface area (Å²) >= 11 is 0. The number of fused-ring (bicyclic) bond motifs is 2. The number of aldehydes is 1. The lowest BCUT2D eigenvalue weighted by atomic mass is 9.74. The highest BCUT2D eigenvalue weighted by atomic mass is 16.6. The third kappa shape index (κ3) is 6.08. The molecule has 0 aliphatic heterocycles. The van der Waals surface area contributed by atoms with Gasteiger partial charge in [0.25, 0.3) is 0 Å². The second-order valence-electron chi connectivity index (χ2n) is 11.8. The van der Waals surface area contributed by atoms with Crippen molar-refractivity contribution in [3.8, 4) is 0 Å². The summed E-state index contributed by atoms with van der Waals surface area (Å²) in [6.45, 7) is 4.37. The monoisotopic (exact) mass is 622 g/mol. The van der Waals surface area contributed by atoms with Gasteiger partial charge in [-0.05, 0) is 63.8 Å². The van der Waals surface area contributed by atoms with Gasteiger partial charge in [-0.3, -0.25) is 14.4 Å². The topological polar surface area (TPSA) is 86.7 Å². The maximum Gasteiger partial charge on any atom is 0.338 e. The molecule has 4 aromatic carbocycles. The Morgan fingerprint density at radius 2 is 1.17 bits per heavy atom. The van der Waals surface area contributed by atoms with Gasteiger partial charge >= 0.3 is 5.97 Å². The third-order valence-corrected chi connectivity index (χ3v) is 8.96. The second-order valence-corrected chi connectivity index (χ2v) is 11.8. The van der Waals surface area contributed by atoms with Crippen molar-refractivity contribution in [3.05, 3.63) is 165 Å². The Morgan fingerprint density at radius 3 is 1.70 bits per heavy atom. The molecule has 0 N–H and O–H groups in total. The maximum atomic E-state index is 14.1. The van der Waals surface area contributed by atoms with Crippen LogP contribution in [0.1, 0.15) is 89.4 Å². The van der Waals surface area contributed by atoms with E-state index < -0.39 is 5.97 Å². The zero-order chi connectivity index (χ0) is 33.1. The Hall–Kier alpha value is -5.46. The fourth-order valence-corrected chi connectivity index (χ4v) is 6.33. The molecule has 2 aliphatic carbocycles. The van der Waals surface area contributed by atoms with E-state index in [1.165, 1.54) is 0 Å². The normalized spacial score (nSPS) is 16.7. The first kappa shape index (κ1) is 31.5. The van der Waals surface area contributed by atoms with Crippen LogP contribution in [0.2, 0.25) is 0 Å². The van der Waals surface area contributed by atoms with Crippen LogP contribution in [-0.2, 0) is 9.47 Å². The molecule has 47 heavy (non-hydrogen) atoms. The van der Waals surface area contributed by atoms with E-state index >= 15 is 0 Å². The zero-order valence-electron chi connectivity index (χ0n) is 26.5. The molecule has 4 aromatic rings. The van der Waals surface area contributed by atoms with Crippen LogP contribution in [0.4, 0.5) is 0 Å². The summed E-state index contributed by atoms with van der Waals surface area (Å²) in [6.07, 6.45) is 4.69. The predicted molar refractivity (Wildman–Crippen MR) is 182 cm³/mol. The Balaban J connectivity index is 1.51. The van der Waals surface area contributed by atoms with Crippen molar-refractivity contribution in [2.75, 3.05) is 20.3 Å². The molecule has 0 amide bonds. The molecule has 0 fully saturated rings. The molecule has 2 atom stereocenters. The molecule has 2 unspecified atom stereocenters. The van der Waals surface area contributed by atoms with Crippen LogP contribution in [0, 0.1) is 0 Å². The predicted octanol–water partition coefficient (Wildman–Crippen LogP) is 8.07. The molecule has 0 saturated carbocycles. The average Bonchev–Trinajstić information content (AvgIpc) is 3.12. The molecule has 0 saturated heterocycles. The highest BCUT2D eigenvalue weighted by molar-refractivity contribution is 6.24. The van der Waals surface area contributed by atoms with Crippen LogP contribution in [0.25, 0.3) is 11.1 Å². The molecule has 234 valence electrons. The first-order valence-electron chi connectivity index (χ1n) is 15.6. The minimum atomic E-state index is -0.456. The summed E-state index contributed by atoms with van der Waals surface area (Å²) in [5, 5.41) is 0. The van der Waals surface area contributed by atoms with E-state index in [0.717, 1.165) is 39.7 Å². The van der Waals surface area contributed by atoms with Gasteiger partial charge in [0.2, 0.25) is 0 Å². The minimum absolute atomic E-state index is 0.0686. The van der Waals surface area contributed by atoms with Crippen molar-refractivity contribution < 1.29 is 28.7 Å². The molecule has 0 aromatic heterocycles. The van der Waals surface area contributed by atoms with Crippen LogP contribution in [0.5, 0.6) is 0 Å². The van der Waals surface area contributed by atoms with Crippen LogP contribution < -0.4 is 0 Å². The average molecular weight is 623 g/mol. The van der Waals surface area contributed by atoms with Gasteiger partial charge in [-0.15, -0.1) is 0 Å². The van der Waals surface area contributed by atoms with E-state index in [0.29, 0.717) is 40.0 Å². The summed E-state index contributed by atoms with van der Waals surface area (Å²) in [6, 6.07) is 29.5. The first-order chi connectivity index (χ1) is 22.8. The van der Waals surface area contributed by atoms with Crippen LogP contribution in [0.15, 0.2) is 120 Å². The lowest BCUT2D eigenvalue weighted by molar-refractivity contribution is 0.0388. The molecular formula is C41H34O6. The number of Topliss-reactive ketones (excluding diaryl/α,β-unsaturated/α-hetero) is 2. The number of carbonyl (C=O) groups excluding carboxylic acids is 4. The largest absolute Gasteiger partial charge is 0.460 e. The molecule has 0 radical (unpaired) electrons. The van der Waals surface area contributed by atoms with Crippen molar-refractivity contribution in [2.24, 2.45) is 0 Å². The number of ketones is 2. The number of methoxy groups -OCH3 is 1. The number of hydrogen-bond acceptors (Lipinski definition) is 6. The van der Waals surface area contributed by atoms with E-state index in [4.69, 9.17) is 9.47 Å². The lowest BCUT2D eigenvalue weighted by Crippen LogP contribution is -2.19. The Bertz CT molecular complexity index is 2010. The zero-order valence-corrected chi connectivity index (χ0v) is 26.5. The minimum Gasteiger partial charge on any atom is -0.460 e. The standard InChI is InChI=1S/C41H34O6/c1-25(28-11-8-10-27(20-28)24-42)35-22-37(31-14-4-6-16-33(31)39(35)43)38-23-36(40(44)34-17-7-5-15-32(34)38)26(2)29-12-9-13-30(21-29)41(45)47-19-18-46-3/h4-17,20-26H,18-19H2,1-3H3/b38-37+. The van der Waals surface area contributed by atoms with Gasteiger partial charge in [0.1, 0.15) is 12.9 Å². The van der Waals surface area contributed by atoms with Gasteiger partial charge in [0, 0.05) is 46.8 Å². The van der Waals surface area contributed by atoms with E-state index in [9.17, 15) is 19.2 Å². The fraction of sp³-hybridized carbons (Fsp3) is 0.171. The van der Waals surface area contributed by atoms with Crippen molar-refractivity contribution in [2.45, 2.75) is 25.7 Å². The Labute approximate surface area is 274 Å². The van der Waals surface area contributed by atoms with E-state index in [2.05, 4.69) is 0 Å². The molecular weight excluding hydrogens is 588 g/mol. The fourth-order valence-electron chi connectivity index (χ4n) is 6.33. The highest BCUT2D eigenvalue weighted by Crippen LogP contribution is 2.44. The SMILES string of the molecule is COCCOC(=O)c1cccc(C(C)C2=C/C(=C3/C=C(C(C)c4cccc(C=O)c4)C(=O)c4ccccc43)c3ccccc3C2=O)c1. The maximum absolute atomic E-state index is 14.1. The number of carbonyl (C=O) groups is 4. The van der Waals surface area contributed by atoms with Gasteiger partial charge in [-0.25, -0.2) is 4.79 Å². The van der Waals surface area contributed by atoms with E-state index in [1.807, 2.05) is 98.8 Å². The molecule has 2 aliphatic rings. The summed E-state index contributed by atoms with van der Waals surface area (Å²) < 4.78 is 10.3. The van der Waals surface area contributed by atoms with Gasteiger partial charge in [0.05, 0.1) is 12.2 Å². The lowest BCUT2D eigenvalue weighted by Gasteiger charge is -2.28. The van der Waals surface area contributed by atoms with Crippen molar-refractivity contribution >= 4 is 35.0 Å². The smallest absolute Gasteiger partial charge is 0.338 e. The summed E-state index contributed by atoms with van der Waals surface area (Å²) in [5.74, 6) is -1.26. The first-order valence-corrected chi connectivity index (χ1v) is 15.6. The number of rotatable bonds is 9. The number of hydrogen-bond donors (Lipinski definition) is 0. The molecule has 6 heteroatoms. The molecule has 6 nitrogen and oxygen atoms in total. The van der Waals surface area contributed by atoms with Gasteiger partial charge in [-0.1, -0.05) is 92.7 Å². The van der Waals surface area contributed by atoms with Crippen LogP contribution in [0.3, 0.4) is 0 Å². The number of ether oxygens (including phenoxy) is 2. The van der Waals surface area contributed by atoms with E-state index in [-0.39, 0.29) is 30.0 Å². The summed E-state index contributed by atoms with van der Waals surface area (Å²) in [4.78, 5) is 52.3. The van der Waals surface area contributed by atoms with Gasteiger partial charge in [0.15, 0.2) is 11.6 Å². The quantitative estimate of drug-likeness (QED) is 0.107. The highest BCUT2D eigenvalue weighted by Gasteiger charge is 2.33.